The number of carboxylic acids is 1. The lowest BCUT2D eigenvalue weighted by Crippen LogP contribution is -2.39. The van der Waals surface area contributed by atoms with E-state index in [4.69, 9.17) is 4.74 Å². The van der Waals surface area contributed by atoms with Gasteiger partial charge in [-0.1, -0.05) is 12.2 Å². The Morgan fingerprint density at radius 1 is 1.09 bits per heavy atom. The van der Waals surface area contributed by atoms with Crippen molar-refractivity contribution in [2.45, 2.75) is 12.2 Å². The molecule has 0 aromatic heterocycles. The van der Waals surface area contributed by atoms with Crippen LogP contribution in [0.1, 0.15) is 0 Å². The monoisotopic (exact) mass is 302 g/mol. The number of fused-ring (bicyclic) bond motifs is 2. The predicted molar refractivity (Wildman–Crippen MR) is 81.8 cm³/mol. The molecule has 1 saturated heterocycles. The summed E-state index contributed by atoms with van der Waals surface area (Å²) in [6.45, 7) is 0. The Morgan fingerprint density at radius 2 is 1.68 bits per heavy atom. The zero-order valence-corrected chi connectivity index (χ0v) is 12.4. The number of nitrogens with zero attached hydrogens (tertiary/aromatic N) is 1. The minimum absolute atomic E-state index is 0.318. The highest BCUT2D eigenvalue weighted by Crippen LogP contribution is 2.39. The molecule has 1 amide bonds. The third-order valence-corrected chi connectivity index (χ3v) is 4.14. The predicted octanol–water partition coefficient (Wildman–Crippen LogP) is 1.35. The van der Waals surface area contributed by atoms with Gasteiger partial charge in [-0.2, -0.15) is 0 Å². The minimum atomic E-state index is -1.00. The van der Waals surface area contributed by atoms with Crippen LogP contribution < -0.4 is 10.2 Å². The maximum absolute atomic E-state index is 12.4. The van der Waals surface area contributed by atoms with Crippen molar-refractivity contribution in [3.8, 4) is 0 Å². The standard InChI is InChI=1S/C16H18N2O4/c1-18(2)10-5-3-9(4-6-10)17-15(19)13-11-7-8-12(22-11)14(13)16(20)21/h3-8,11-14H,1-2H3,(H,17,19)(H,20,21)/t11-,12+,13+,14-/m0/s1. The molecule has 2 N–H and O–H groups in total. The SMILES string of the molecule is CN(C)c1ccc(NC(=O)[C@H]2[C@@H](C(=O)O)[C@H]3C=C[C@@H]2O3)cc1. The van der Waals surface area contributed by atoms with Crippen molar-refractivity contribution in [2.24, 2.45) is 11.8 Å². The first-order chi connectivity index (χ1) is 10.5. The number of aliphatic carboxylic acids is 1. The zero-order valence-electron chi connectivity index (χ0n) is 12.4. The Balaban J connectivity index is 1.74. The summed E-state index contributed by atoms with van der Waals surface area (Å²) in [7, 11) is 3.87. The van der Waals surface area contributed by atoms with Crippen molar-refractivity contribution in [3.63, 3.8) is 0 Å². The quantitative estimate of drug-likeness (QED) is 0.821. The maximum Gasteiger partial charge on any atom is 0.310 e. The summed E-state index contributed by atoms with van der Waals surface area (Å²) in [6, 6.07) is 7.38. The van der Waals surface area contributed by atoms with Crippen LogP contribution >= 0.6 is 0 Å². The minimum Gasteiger partial charge on any atom is -0.481 e. The fourth-order valence-corrected chi connectivity index (χ4v) is 2.98. The maximum atomic E-state index is 12.4. The number of rotatable bonds is 4. The third kappa shape index (κ3) is 2.46. The third-order valence-electron chi connectivity index (χ3n) is 4.14. The Labute approximate surface area is 128 Å². The van der Waals surface area contributed by atoms with Crippen LogP contribution in [0, 0.1) is 11.8 Å². The molecule has 0 spiro atoms. The molecule has 4 atom stereocenters. The van der Waals surface area contributed by atoms with E-state index < -0.39 is 30.0 Å². The molecule has 3 rings (SSSR count). The van der Waals surface area contributed by atoms with Crippen molar-refractivity contribution < 1.29 is 19.4 Å². The summed E-state index contributed by atoms with van der Waals surface area (Å²) in [5.41, 5.74) is 1.67. The van der Waals surface area contributed by atoms with Crippen LogP contribution in [0.2, 0.25) is 0 Å². The van der Waals surface area contributed by atoms with E-state index >= 15 is 0 Å². The Bertz CT molecular complexity index is 624. The van der Waals surface area contributed by atoms with Gasteiger partial charge in [-0.25, -0.2) is 0 Å². The number of carboxylic acid groups (broad SMARTS) is 1. The van der Waals surface area contributed by atoms with Gasteiger partial charge < -0.3 is 20.1 Å². The highest BCUT2D eigenvalue weighted by atomic mass is 16.5. The largest absolute Gasteiger partial charge is 0.481 e. The van der Waals surface area contributed by atoms with Crippen LogP contribution in [-0.2, 0) is 14.3 Å². The van der Waals surface area contributed by atoms with Gasteiger partial charge in [0.05, 0.1) is 18.1 Å². The van der Waals surface area contributed by atoms with E-state index in [0.29, 0.717) is 5.69 Å². The van der Waals surface area contributed by atoms with Gasteiger partial charge in [0.2, 0.25) is 5.91 Å². The van der Waals surface area contributed by atoms with Crippen LogP contribution in [0.3, 0.4) is 0 Å². The van der Waals surface area contributed by atoms with Crippen LogP contribution in [0.4, 0.5) is 11.4 Å². The molecule has 6 heteroatoms. The number of carbonyl (C=O) groups is 2. The molecule has 1 fully saturated rings. The molecule has 1 aromatic rings. The lowest BCUT2D eigenvalue weighted by molar-refractivity contribution is -0.145. The summed E-state index contributed by atoms with van der Waals surface area (Å²) in [5, 5.41) is 12.1. The summed E-state index contributed by atoms with van der Waals surface area (Å²) >= 11 is 0. The fourth-order valence-electron chi connectivity index (χ4n) is 2.98. The van der Waals surface area contributed by atoms with Gasteiger partial charge in [-0.3, -0.25) is 9.59 Å². The van der Waals surface area contributed by atoms with Gasteiger partial charge in [0, 0.05) is 25.5 Å². The Morgan fingerprint density at radius 3 is 2.23 bits per heavy atom. The topological polar surface area (TPSA) is 78.9 Å². The van der Waals surface area contributed by atoms with Gasteiger partial charge >= 0.3 is 5.97 Å². The Kier molecular flexibility index (Phi) is 3.62. The number of amides is 1. The number of hydrogen-bond donors (Lipinski definition) is 2. The molecule has 6 nitrogen and oxygen atoms in total. The molecule has 22 heavy (non-hydrogen) atoms. The summed E-state index contributed by atoms with van der Waals surface area (Å²) in [4.78, 5) is 25.8. The number of nitrogens with one attached hydrogen (secondary N) is 1. The molecule has 2 heterocycles. The summed E-state index contributed by atoms with van der Waals surface area (Å²) < 4.78 is 5.51. The van der Waals surface area contributed by atoms with E-state index in [1.165, 1.54) is 0 Å². The van der Waals surface area contributed by atoms with Gasteiger partial charge in [-0.05, 0) is 24.3 Å². The molecule has 0 aliphatic carbocycles. The zero-order chi connectivity index (χ0) is 15.9. The van der Waals surface area contributed by atoms with Crippen molar-refractivity contribution in [2.75, 3.05) is 24.3 Å². The molecule has 116 valence electrons. The molecule has 0 saturated carbocycles. The van der Waals surface area contributed by atoms with Gasteiger partial charge in [0.1, 0.15) is 5.92 Å². The Hall–Kier alpha value is -2.34. The van der Waals surface area contributed by atoms with E-state index in [1.54, 1.807) is 24.3 Å². The molecule has 2 bridgehead atoms. The molecule has 2 aliphatic rings. The van der Waals surface area contributed by atoms with Crippen LogP contribution in [-0.4, -0.2) is 43.3 Å². The number of benzene rings is 1. The second-order valence-electron chi connectivity index (χ2n) is 5.77. The first kappa shape index (κ1) is 14.6. The summed E-state index contributed by atoms with van der Waals surface area (Å²) in [5.74, 6) is -2.83. The van der Waals surface area contributed by atoms with Crippen molar-refractivity contribution in [1.82, 2.24) is 0 Å². The molecule has 0 radical (unpaired) electrons. The number of anilines is 2. The highest BCUT2D eigenvalue weighted by molar-refractivity contribution is 5.96. The van der Waals surface area contributed by atoms with Crippen molar-refractivity contribution in [1.29, 1.82) is 0 Å². The normalized spacial score (nSPS) is 28.6. The highest BCUT2D eigenvalue weighted by Gasteiger charge is 2.53. The summed E-state index contributed by atoms with van der Waals surface area (Å²) in [6.07, 6.45) is 2.53. The van der Waals surface area contributed by atoms with Gasteiger partial charge in [-0.15, -0.1) is 0 Å². The molecular weight excluding hydrogens is 284 g/mol. The molecule has 2 aliphatic heterocycles. The smallest absolute Gasteiger partial charge is 0.310 e. The van der Waals surface area contributed by atoms with E-state index in [0.717, 1.165) is 5.69 Å². The van der Waals surface area contributed by atoms with E-state index in [1.807, 2.05) is 31.1 Å². The number of carbonyl (C=O) groups excluding carboxylic acids is 1. The second kappa shape index (κ2) is 5.46. The average molecular weight is 302 g/mol. The number of ether oxygens (including phenoxy) is 1. The van der Waals surface area contributed by atoms with Crippen LogP contribution in [0.25, 0.3) is 0 Å². The first-order valence-corrected chi connectivity index (χ1v) is 7.12. The van der Waals surface area contributed by atoms with E-state index in [2.05, 4.69) is 5.32 Å². The van der Waals surface area contributed by atoms with Gasteiger partial charge in [0.25, 0.3) is 0 Å². The van der Waals surface area contributed by atoms with Crippen molar-refractivity contribution >= 4 is 23.3 Å². The lowest BCUT2D eigenvalue weighted by Gasteiger charge is -2.21. The lowest BCUT2D eigenvalue weighted by atomic mass is 9.82. The molecule has 0 unspecified atom stereocenters. The molecular formula is C16H18N2O4. The van der Waals surface area contributed by atoms with Crippen LogP contribution in [0.5, 0.6) is 0 Å². The average Bonchev–Trinajstić information content (AvgIpc) is 3.08. The van der Waals surface area contributed by atoms with Crippen LogP contribution in [0.15, 0.2) is 36.4 Å². The van der Waals surface area contributed by atoms with Gasteiger partial charge in [0.15, 0.2) is 0 Å². The molecule has 1 aromatic carbocycles. The first-order valence-electron chi connectivity index (χ1n) is 7.12. The fraction of sp³-hybridized carbons (Fsp3) is 0.375. The van der Waals surface area contributed by atoms with E-state index in [-0.39, 0.29) is 5.91 Å². The number of hydrogen-bond acceptors (Lipinski definition) is 4. The van der Waals surface area contributed by atoms with E-state index in [9.17, 15) is 14.7 Å². The second-order valence-corrected chi connectivity index (χ2v) is 5.77. The van der Waals surface area contributed by atoms with Crippen molar-refractivity contribution in [3.05, 3.63) is 36.4 Å².